The third-order valence-corrected chi connectivity index (χ3v) is 5.46. The molecular weight excluding hydrogens is 460 g/mol. The van der Waals surface area contributed by atoms with Crippen molar-refractivity contribution in [1.82, 2.24) is 4.57 Å². The van der Waals surface area contributed by atoms with Crippen molar-refractivity contribution in [1.29, 1.82) is 0 Å². The molecule has 1 atom stereocenters. The molecule has 0 aliphatic rings. The van der Waals surface area contributed by atoms with Gasteiger partial charge >= 0.3 is 0 Å². The highest BCUT2D eigenvalue weighted by atomic mass is 79.9. The predicted octanol–water partition coefficient (Wildman–Crippen LogP) is 4.10. The van der Waals surface area contributed by atoms with Gasteiger partial charge in [-0.1, -0.05) is 12.1 Å². The van der Waals surface area contributed by atoms with E-state index in [0.29, 0.717) is 16.9 Å². The topological polar surface area (TPSA) is 71.7 Å². The standard InChI is InChI=1S/C22H20BrF2NO4/c1-12-3-4-14(19(28)10-27)8-18(12)26-13(2)7-20(21(23)22(26)29)30-11-15-5-6-16(24)9-17(15)25/h3-9,19,27-28H,10-11H2,1-2H3. The molecule has 2 aromatic carbocycles. The van der Waals surface area contributed by atoms with Crippen LogP contribution in [0.5, 0.6) is 5.75 Å². The van der Waals surface area contributed by atoms with Crippen molar-refractivity contribution in [3.05, 3.63) is 91.3 Å². The highest BCUT2D eigenvalue weighted by molar-refractivity contribution is 9.10. The molecule has 0 bridgehead atoms. The van der Waals surface area contributed by atoms with Crippen LogP contribution in [0.1, 0.15) is 28.5 Å². The first kappa shape index (κ1) is 22.1. The maximum Gasteiger partial charge on any atom is 0.273 e. The molecule has 1 unspecified atom stereocenters. The van der Waals surface area contributed by atoms with Crippen LogP contribution >= 0.6 is 15.9 Å². The largest absolute Gasteiger partial charge is 0.487 e. The smallest absolute Gasteiger partial charge is 0.273 e. The first-order chi connectivity index (χ1) is 14.2. The molecule has 0 fully saturated rings. The van der Waals surface area contributed by atoms with Crippen LogP contribution in [0.2, 0.25) is 0 Å². The summed E-state index contributed by atoms with van der Waals surface area (Å²) in [6, 6.07) is 9.90. The van der Waals surface area contributed by atoms with E-state index in [-0.39, 0.29) is 22.4 Å². The van der Waals surface area contributed by atoms with Crippen LogP contribution in [0, 0.1) is 25.5 Å². The average molecular weight is 480 g/mol. The van der Waals surface area contributed by atoms with E-state index in [1.54, 1.807) is 31.2 Å². The number of hydrogen-bond acceptors (Lipinski definition) is 4. The van der Waals surface area contributed by atoms with E-state index in [2.05, 4.69) is 15.9 Å². The second-order valence-corrected chi connectivity index (χ2v) is 7.67. The molecule has 5 nitrogen and oxygen atoms in total. The lowest BCUT2D eigenvalue weighted by Gasteiger charge is -2.18. The summed E-state index contributed by atoms with van der Waals surface area (Å²) in [5, 5.41) is 19.1. The van der Waals surface area contributed by atoms with Gasteiger partial charge in [-0.2, -0.15) is 0 Å². The Morgan fingerprint density at radius 1 is 1.13 bits per heavy atom. The van der Waals surface area contributed by atoms with E-state index >= 15 is 0 Å². The van der Waals surface area contributed by atoms with Gasteiger partial charge in [0.1, 0.15) is 34.6 Å². The summed E-state index contributed by atoms with van der Waals surface area (Å²) in [5.41, 5.74) is 2.14. The molecule has 30 heavy (non-hydrogen) atoms. The molecule has 2 N–H and O–H groups in total. The number of aliphatic hydroxyl groups excluding tert-OH is 2. The van der Waals surface area contributed by atoms with Crippen LogP contribution < -0.4 is 10.3 Å². The summed E-state index contributed by atoms with van der Waals surface area (Å²) >= 11 is 3.25. The first-order valence-electron chi connectivity index (χ1n) is 9.11. The van der Waals surface area contributed by atoms with E-state index in [0.717, 1.165) is 17.7 Å². The monoisotopic (exact) mass is 479 g/mol. The molecular formula is C22H20BrF2NO4. The van der Waals surface area contributed by atoms with E-state index in [4.69, 9.17) is 4.74 Å². The van der Waals surface area contributed by atoms with Crippen LogP contribution in [0.4, 0.5) is 8.78 Å². The number of hydrogen-bond donors (Lipinski definition) is 2. The van der Waals surface area contributed by atoms with Crippen molar-refractivity contribution >= 4 is 15.9 Å². The Bertz CT molecular complexity index is 1150. The number of rotatable bonds is 6. The van der Waals surface area contributed by atoms with Crippen molar-refractivity contribution in [2.24, 2.45) is 0 Å². The second kappa shape index (κ2) is 9.07. The summed E-state index contributed by atoms with van der Waals surface area (Å²) in [5.74, 6) is -1.19. The van der Waals surface area contributed by atoms with Gasteiger partial charge < -0.3 is 14.9 Å². The summed E-state index contributed by atoms with van der Waals surface area (Å²) in [6.45, 7) is 2.93. The van der Waals surface area contributed by atoms with Crippen LogP contribution in [0.15, 0.2) is 51.7 Å². The Labute approximate surface area is 180 Å². The van der Waals surface area contributed by atoms with Crippen molar-refractivity contribution in [3.8, 4) is 11.4 Å². The number of aliphatic hydroxyl groups is 2. The molecule has 8 heteroatoms. The third kappa shape index (κ3) is 4.45. The molecule has 158 valence electrons. The number of aryl methyl sites for hydroxylation is 2. The summed E-state index contributed by atoms with van der Waals surface area (Å²) in [6.07, 6.45) is -1.06. The number of aromatic nitrogens is 1. The number of ether oxygens (including phenoxy) is 1. The maximum atomic E-state index is 13.8. The molecule has 0 saturated heterocycles. The van der Waals surface area contributed by atoms with Crippen molar-refractivity contribution in [2.75, 3.05) is 6.61 Å². The Kier molecular flexibility index (Phi) is 6.70. The van der Waals surface area contributed by atoms with E-state index < -0.39 is 29.9 Å². The van der Waals surface area contributed by atoms with Gasteiger partial charge in [0.15, 0.2) is 0 Å². The number of benzene rings is 2. The zero-order chi connectivity index (χ0) is 22.0. The van der Waals surface area contributed by atoms with Crippen LogP contribution in [-0.2, 0) is 6.61 Å². The molecule has 1 heterocycles. The molecule has 0 saturated carbocycles. The minimum Gasteiger partial charge on any atom is -0.487 e. The highest BCUT2D eigenvalue weighted by Crippen LogP contribution is 2.27. The molecule has 3 aromatic rings. The van der Waals surface area contributed by atoms with Gasteiger partial charge in [0, 0.05) is 23.4 Å². The molecule has 3 rings (SSSR count). The van der Waals surface area contributed by atoms with Crippen molar-refractivity contribution in [3.63, 3.8) is 0 Å². The molecule has 0 aliphatic carbocycles. The van der Waals surface area contributed by atoms with Crippen molar-refractivity contribution in [2.45, 2.75) is 26.6 Å². The predicted molar refractivity (Wildman–Crippen MR) is 112 cm³/mol. The summed E-state index contributed by atoms with van der Waals surface area (Å²) in [4.78, 5) is 13.0. The molecule has 0 spiro atoms. The number of pyridine rings is 1. The normalized spacial score (nSPS) is 12.1. The van der Waals surface area contributed by atoms with Gasteiger partial charge in [-0.05, 0) is 59.1 Å². The molecule has 0 amide bonds. The van der Waals surface area contributed by atoms with Crippen LogP contribution in [0.25, 0.3) is 5.69 Å². The van der Waals surface area contributed by atoms with E-state index in [9.17, 15) is 23.8 Å². The number of nitrogens with zero attached hydrogens (tertiary/aromatic N) is 1. The Morgan fingerprint density at radius 2 is 1.87 bits per heavy atom. The maximum absolute atomic E-state index is 13.8. The van der Waals surface area contributed by atoms with Crippen LogP contribution in [0.3, 0.4) is 0 Å². The fraction of sp³-hybridized carbons (Fsp3) is 0.227. The molecule has 0 radical (unpaired) electrons. The van der Waals surface area contributed by atoms with Crippen LogP contribution in [-0.4, -0.2) is 21.4 Å². The first-order valence-corrected chi connectivity index (χ1v) is 9.91. The van der Waals surface area contributed by atoms with Gasteiger partial charge in [0.05, 0.1) is 12.3 Å². The lowest BCUT2D eigenvalue weighted by atomic mass is 10.1. The third-order valence-electron chi connectivity index (χ3n) is 4.73. The Morgan fingerprint density at radius 3 is 2.53 bits per heavy atom. The van der Waals surface area contributed by atoms with Gasteiger partial charge in [-0.3, -0.25) is 9.36 Å². The van der Waals surface area contributed by atoms with Crippen molar-refractivity contribution < 1.29 is 23.7 Å². The summed E-state index contributed by atoms with van der Waals surface area (Å²) < 4.78 is 34.1. The molecule has 0 aliphatic heterocycles. The zero-order valence-corrected chi connectivity index (χ0v) is 17.9. The highest BCUT2D eigenvalue weighted by Gasteiger charge is 2.17. The fourth-order valence-electron chi connectivity index (χ4n) is 3.06. The lowest BCUT2D eigenvalue weighted by molar-refractivity contribution is 0.0956. The van der Waals surface area contributed by atoms with Gasteiger partial charge in [-0.25, -0.2) is 8.78 Å². The SMILES string of the molecule is Cc1ccc(C(O)CO)cc1-n1c(C)cc(OCc2ccc(F)cc2F)c(Br)c1=O. The molecule has 1 aromatic heterocycles. The quantitative estimate of drug-likeness (QED) is 0.558. The van der Waals surface area contributed by atoms with Gasteiger partial charge in [-0.15, -0.1) is 0 Å². The minimum atomic E-state index is -1.06. The second-order valence-electron chi connectivity index (χ2n) is 6.87. The minimum absolute atomic E-state index is 0.142. The fourth-order valence-corrected chi connectivity index (χ4v) is 3.47. The lowest BCUT2D eigenvalue weighted by Crippen LogP contribution is -2.23. The zero-order valence-electron chi connectivity index (χ0n) is 16.3. The van der Waals surface area contributed by atoms with Gasteiger partial charge in [0.2, 0.25) is 0 Å². The Balaban J connectivity index is 1.99. The van der Waals surface area contributed by atoms with E-state index in [1.807, 2.05) is 6.92 Å². The number of halogens is 3. The summed E-state index contributed by atoms with van der Waals surface area (Å²) in [7, 11) is 0. The average Bonchev–Trinajstić information content (AvgIpc) is 2.71. The van der Waals surface area contributed by atoms with Gasteiger partial charge in [0.25, 0.3) is 5.56 Å². The van der Waals surface area contributed by atoms with E-state index in [1.165, 1.54) is 10.6 Å². The Hall–Kier alpha value is -2.55.